The number of aryl methyl sites for hydroxylation is 2. The number of nitrogens with zero attached hydrogens (tertiary/aromatic N) is 2. The molecule has 2 aromatic rings. The van der Waals surface area contributed by atoms with Crippen LogP contribution >= 0.6 is 0 Å². The molecule has 3 N–H and O–H groups in total. The number of nitrogens with two attached hydrogens (primary N) is 1. The summed E-state index contributed by atoms with van der Waals surface area (Å²) in [7, 11) is 3.37. The highest BCUT2D eigenvalue weighted by atomic mass is 16.5. The molecule has 0 saturated carbocycles. The highest BCUT2D eigenvalue weighted by Crippen LogP contribution is 2.24. The third-order valence-electron chi connectivity index (χ3n) is 3.09. The van der Waals surface area contributed by atoms with E-state index in [1.165, 1.54) is 7.11 Å². The van der Waals surface area contributed by atoms with Crippen LogP contribution in [0.4, 0.5) is 5.69 Å². The van der Waals surface area contributed by atoms with Crippen molar-refractivity contribution in [2.75, 3.05) is 12.8 Å². The lowest BCUT2D eigenvalue weighted by Gasteiger charge is -2.10. The monoisotopic (exact) mass is 274 g/mol. The number of hydrogen-bond donors (Lipinski definition) is 2. The maximum atomic E-state index is 12.2. The Morgan fingerprint density at radius 2 is 2.25 bits per heavy atom. The summed E-state index contributed by atoms with van der Waals surface area (Å²) in [6.45, 7) is 2.32. The van der Waals surface area contributed by atoms with Crippen molar-refractivity contribution >= 4 is 11.6 Å². The average Bonchev–Trinajstić information content (AvgIpc) is 2.74. The Morgan fingerprint density at radius 1 is 1.50 bits per heavy atom. The molecule has 1 aromatic heterocycles. The van der Waals surface area contributed by atoms with Gasteiger partial charge in [-0.05, 0) is 19.1 Å². The molecule has 0 aliphatic carbocycles. The van der Waals surface area contributed by atoms with Crippen molar-refractivity contribution in [3.63, 3.8) is 0 Å². The molecule has 0 saturated heterocycles. The van der Waals surface area contributed by atoms with Crippen LogP contribution in [0.5, 0.6) is 5.75 Å². The summed E-state index contributed by atoms with van der Waals surface area (Å²) in [5.74, 6) is 0.264. The molecule has 0 unspecified atom stereocenters. The number of nitrogens with one attached hydrogen (secondary N) is 1. The summed E-state index contributed by atoms with van der Waals surface area (Å²) in [6.07, 6.45) is 1.88. The van der Waals surface area contributed by atoms with E-state index in [9.17, 15) is 4.79 Å². The molecule has 0 aliphatic rings. The Bertz CT molecular complexity index is 634. The third-order valence-corrected chi connectivity index (χ3v) is 3.09. The molecule has 1 aromatic carbocycles. The molecule has 0 fully saturated rings. The average molecular weight is 274 g/mol. The van der Waals surface area contributed by atoms with E-state index in [0.717, 1.165) is 11.3 Å². The number of rotatable bonds is 4. The van der Waals surface area contributed by atoms with Crippen LogP contribution in [0.15, 0.2) is 24.4 Å². The van der Waals surface area contributed by atoms with E-state index in [-0.39, 0.29) is 5.91 Å². The largest absolute Gasteiger partial charge is 0.495 e. The van der Waals surface area contributed by atoms with Crippen molar-refractivity contribution in [1.82, 2.24) is 15.1 Å². The standard InChI is InChI=1S/C14H18N4O2/c1-9-10(8-18(2)17-9)7-16-14(19)11-5-4-6-12(20-3)13(11)15/h4-6,8H,7,15H2,1-3H3,(H,16,19). The van der Waals surface area contributed by atoms with Gasteiger partial charge in [-0.1, -0.05) is 6.07 Å². The van der Waals surface area contributed by atoms with Gasteiger partial charge in [-0.25, -0.2) is 0 Å². The minimum absolute atomic E-state index is 0.232. The first-order valence-electron chi connectivity index (χ1n) is 6.22. The second-order valence-electron chi connectivity index (χ2n) is 4.52. The Kier molecular flexibility index (Phi) is 3.93. The lowest BCUT2D eigenvalue weighted by atomic mass is 10.1. The fraction of sp³-hybridized carbons (Fsp3) is 0.286. The van der Waals surface area contributed by atoms with Gasteiger partial charge in [-0.15, -0.1) is 0 Å². The Morgan fingerprint density at radius 3 is 2.85 bits per heavy atom. The van der Waals surface area contributed by atoms with Gasteiger partial charge in [0.15, 0.2) is 0 Å². The number of aromatic nitrogens is 2. The quantitative estimate of drug-likeness (QED) is 0.822. The maximum absolute atomic E-state index is 12.2. The van der Waals surface area contributed by atoms with Gasteiger partial charge in [0, 0.05) is 25.4 Å². The number of ether oxygens (including phenoxy) is 1. The molecule has 0 aliphatic heterocycles. The first-order chi connectivity index (χ1) is 9.52. The molecule has 2 rings (SSSR count). The van der Waals surface area contributed by atoms with E-state index >= 15 is 0 Å². The highest BCUT2D eigenvalue weighted by molar-refractivity contribution is 6.00. The van der Waals surface area contributed by atoms with Gasteiger partial charge in [0.25, 0.3) is 5.91 Å². The Labute approximate surface area is 117 Å². The van der Waals surface area contributed by atoms with Crippen LogP contribution in [0, 0.1) is 6.92 Å². The van der Waals surface area contributed by atoms with E-state index in [1.54, 1.807) is 22.9 Å². The van der Waals surface area contributed by atoms with Gasteiger partial charge in [-0.3, -0.25) is 9.48 Å². The zero-order valence-electron chi connectivity index (χ0n) is 11.8. The number of carbonyl (C=O) groups excluding carboxylic acids is 1. The van der Waals surface area contributed by atoms with Crippen LogP contribution in [0.2, 0.25) is 0 Å². The molecule has 0 spiro atoms. The van der Waals surface area contributed by atoms with E-state index in [0.29, 0.717) is 23.5 Å². The van der Waals surface area contributed by atoms with Crippen molar-refractivity contribution in [3.8, 4) is 5.75 Å². The molecule has 20 heavy (non-hydrogen) atoms. The number of benzene rings is 1. The first-order valence-corrected chi connectivity index (χ1v) is 6.22. The zero-order chi connectivity index (χ0) is 14.7. The smallest absolute Gasteiger partial charge is 0.253 e. The second kappa shape index (κ2) is 5.64. The van der Waals surface area contributed by atoms with E-state index < -0.39 is 0 Å². The molecule has 1 heterocycles. The van der Waals surface area contributed by atoms with Crippen molar-refractivity contribution in [2.24, 2.45) is 7.05 Å². The van der Waals surface area contributed by atoms with Gasteiger partial charge < -0.3 is 15.8 Å². The van der Waals surface area contributed by atoms with Gasteiger partial charge in [0.2, 0.25) is 0 Å². The SMILES string of the molecule is COc1cccc(C(=O)NCc2cn(C)nc2C)c1N. The third kappa shape index (κ3) is 2.74. The van der Waals surface area contributed by atoms with Crippen LogP contribution in [-0.4, -0.2) is 22.8 Å². The van der Waals surface area contributed by atoms with E-state index in [4.69, 9.17) is 10.5 Å². The maximum Gasteiger partial charge on any atom is 0.253 e. The van der Waals surface area contributed by atoms with Crippen LogP contribution in [0.1, 0.15) is 21.6 Å². The van der Waals surface area contributed by atoms with Crippen molar-refractivity contribution in [2.45, 2.75) is 13.5 Å². The molecule has 106 valence electrons. The number of nitrogen functional groups attached to an aromatic ring is 1. The molecule has 6 nitrogen and oxygen atoms in total. The van der Waals surface area contributed by atoms with Crippen LogP contribution in [0.25, 0.3) is 0 Å². The number of anilines is 1. The summed E-state index contributed by atoms with van der Waals surface area (Å²) in [4.78, 5) is 12.2. The summed E-state index contributed by atoms with van der Waals surface area (Å²) in [5.41, 5.74) is 8.52. The number of carbonyl (C=O) groups is 1. The number of methoxy groups -OCH3 is 1. The zero-order valence-corrected chi connectivity index (χ0v) is 11.8. The van der Waals surface area contributed by atoms with Crippen molar-refractivity contribution in [1.29, 1.82) is 0 Å². The fourth-order valence-electron chi connectivity index (χ4n) is 2.01. The molecule has 6 heteroatoms. The van der Waals surface area contributed by atoms with Crippen LogP contribution in [-0.2, 0) is 13.6 Å². The molecular formula is C14H18N4O2. The second-order valence-corrected chi connectivity index (χ2v) is 4.52. The fourth-order valence-corrected chi connectivity index (χ4v) is 2.01. The molecule has 0 radical (unpaired) electrons. The van der Waals surface area contributed by atoms with Gasteiger partial charge in [0.1, 0.15) is 5.75 Å². The first kappa shape index (κ1) is 13.9. The summed E-state index contributed by atoms with van der Waals surface area (Å²) < 4.78 is 6.82. The minimum Gasteiger partial charge on any atom is -0.495 e. The Balaban J connectivity index is 2.11. The Hall–Kier alpha value is -2.50. The lowest BCUT2D eigenvalue weighted by Crippen LogP contribution is -2.24. The van der Waals surface area contributed by atoms with Crippen LogP contribution < -0.4 is 15.8 Å². The summed E-state index contributed by atoms with van der Waals surface area (Å²) in [6, 6.07) is 5.13. The lowest BCUT2D eigenvalue weighted by molar-refractivity contribution is 0.0951. The normalized spacial score (nSPS) is 10.3. The van der Waals surface area contributed by atoms with Gasteiger partial charge in [0.05, 0.1) is 24.1 Å². The summed E-state index contributed by atoms with van der Waals surface area (Å²) in [5, 5.41) is 7.06. The topological polar surface area (TPSA) is 82.2 Å². The van der Waals surface area contributed by atoms with Gasteiger partial charge in [-0.2, -0.15) is 5.10 Å². The highest BCUT2D eigenvalue weighted by Gasteiger charge is 2.13. The van der Waals surface area contributed by atoms with E-state index in [2.05, 4.69) is 10.4 Å². The van der Waals surface area contributed by atoms with Gasteiger partial charge >= 0.3 is 0 Å². The molecule has 1 amide bonds. The van der Waals surface area contributed by atoms with Crippen molar-refractivity contribution in [3.05, 3.63) is 41.2 Å². The predicted molar refractivity (Wildman–Crippen MR) is 76.5 cm³/mol. The summed E-state index contributed by atoms with van der Waals surface area (Å²) >= 11 is 0. The minimum atomic E-state index is -0.232. The molecular weight excluding hydrogens is 256 g/mol. The van der Waals surface area contributed by atoms with Crippen molar-refractivity contribution < 1.29 is 9.53 Å². The number of hydrogen-bond acceptors (Lipinski definition) is 4. The van der Waals surface area contributed by atoms with E-state index in [1.807, 2.05) is 20.2 Å². The number of amides is 1. The molecule has 0 atom stereocenters. The molecule has 0 bridgehead atoms. The predicted octanol–water partition coefficient (Wildman–Crippen LogP) is 1.25. The van der Waals surface area contributed by atoms with Crippen LogP contribution in [0.3, 0.4) is 0 Å². The number of para-hydroxylation sites is 1.